The zero-order valence-corrected chi connectivity index (χ0v) is 15.9. The Kier molecular flexibility index (Phi) is 5.38. The van der Waals surface area contributed by atoms with Gasteiger partial charge in [0.2, 0.25) is 0 Å². The second kappa shape index (κ2) is 8.27. The highest BCUT2D eigenvalue weighted by Crippen LogP contribution is 2.24. The molecule has 1 saturated heterocycles. The van der Waals surface area contributed by atoms with E-state index in [2.05, 4.69) is 0 Å². The molecule has 4 rings (SSSR count). The molecule has 146 valence electrons. The molecule has 0 aliphatic carbocycles. The number of nitrogens with zero attached hydrogens (tertiary/aromatic N) is 2. The Bertz CT molecular complexity index is 1010. The Morgan fingerprint density at radius 3 is 1.86 bits per heavy atom. The van der Waals surface area contributed by atoms with Gasteiger partial charge in [-0.1, -0.05) is 48.5 Å². The lowest BCUT2D eigenvalue weighted by atomic mass is 10.0. The van der Waals surface area contributed by atoms with Gasteiger partial charge < -0.3 is 9.80 Å². The van der Waals surface area contributed by atoms with E-state index in [-0.39, 0.29) is 11.7 Å². The molecule has 3 aromatic rings. The van der Waals surface area contributed by atoms with Crippen LogP contribution in [0.5, 0.6) is 0 Å². The normalized spacial score (nSPS) is 14.0. The van der Waals surface area contributed by atoms with E-state index in [0.29, 0.717) is 48.6 Å². The molecule has 0 spiro atoms. The summed E-state index contributed by atoms with van der Waals surface area (Å²) < 4.78 is 14.8. The first-order valence-electron chi connectivity index (χ1n) is 9.62. The van der Waals surface area contributed by atoms with Crippen molar-refractivity contribution in [3.63, 3.8) is 0 Å². The van der Waals surface area contributed by atoms with Crippen LogP contribution in [0.4, 0.5) is 10.1 Å². The maximum absolute atomic E-state index is 14.8. The molecule has 1 heterocycles. The summed E-state index contributed by atoms with van der Waals surface area (Å²) in [5.41, 5.74) is 1.99. The monoisotopic (exact) mass is 388 g/mol. The first-order valence-corrected chi connectivity index (χ1v) is 9.62. The lowest BCUT2D eigenvalue weighted by molar-refractivity contribution is 0.0746. The summed E-state index contributed by atoms with van der Waals surface area (Å²) in [6.07, 6.45) is 0. The predicted molar refractivity (Wildman–Crippen MR) is 111 cm³/mol. The van der Waals surface area contributed by atoms with Crippen LogP contribution in [0.2, 0.25) is 0 Å². The van der Waals surface area contributed by atoms with E-state index in [1.807, 2.05) is 29.2 Å². The molecule has 1 amide bonds. The Balaban J connectivity index is 1.44. The average molecular weight is 388 g/mol. The third kappa shape index (κ3) is 4.04. The van der Waals surface area contributed by atoms with Crippen LogP contribution in [0.1, 0.15) is 26.3 Å². The maximum Gasteiger partial charge on any atom is 0.253 e. The molecular formula is C24H21FN2O2. The maximum atomic E-state index is 14.8. The van der Waals surface area contributed by atoms with Crippen LogP contribution >= 0.6 is 0 Å². The Morgan fingerprint density at radius 1 is 0.690 bits per heavy atom. The molecule has 1 aliphatic rings. The summed E-state index contributed by atoms with van der Waals surface area (Å²) >= 11 is 0. The summed E-state index contributed by atoms with van der Waals surface area (Å²) in [5, 5.41) is 0. The van der Waals surface area contributed by atoms with Crippen molar-refractivity contribution >= 4 is 17.4 Å². The van der Waals surface area contributed by atoms with Crippen molar-refractivity contribution in [1.82, 2.24) is 4.90 Å². The molecule has 0 aromatic heterocycles. The third-order valence-corrected chi connectivity index (χ3v) is 5.17. The smallest absolute Gasteiger partial charge is 0.253 e. The van der Waals surface area contributed by atoms with Gasteiger partial charge in [-0.3, -0.25) is 9.59 Å². The molecule has 1 fully saturated rings. The minimum absolute atomic E-state index is 0.00507. The van der Waals surface area contributed by atoms with Gasteiger partial charge in [-0.05, 0) is 30.3 Å². The Morgan fingerprint density at radius 2 is 1.28 bits per heavy atom. The van der Waals surface area contributed by atoms with Crippen LogP contribution in [0.25, 0.3) is 0 Å². The van der Waals surface area contributed by atoms with Crippen molar-refractivity contribution in [3.8, 4) is 0 Å². The number of hydrogen-bond donors (Lipinski definition) is 0. The van der Waals surface area contributed by atoms with Gasteiger partial charge in [0.1, 0.15) is 5.82 Å². The number of anilines is 1. The van der Waals surface area contributed by atoms with E-state index in [1.54, 1.807) is 53.4 Å². The molecule has 0 N–H and O–H groups in total. The minimum Gasteiger partial charge on any atom is -0.366 e. The van der Waals surface area contributed by atoms with Gasteiger partial charge in [0, 0.05) is 42.9 Å². The van der Waals surface area contributed by atoms with Crippen molar-refractivity contribution in [3.05, 3.63) is 101 Å². The first-order chi connectivity index (χ1) is 14.1. The fourth-order valence-corrected chi connectivity index (χ4v) is 3.57. The van der Waals surface area contributed by atoms with E-state index < -0.39 is 5.82 Å². The summed E-state index contributed by atoms with van der Waals surface area (Å²) in [7, 11) is 0. The molecule has 4 nitrogen and oxygen atoms in total. The van der Waals surface area contributed by atoms with Crippen molar-refractivity contribution in [2.75, 3.05) is 31.1 Å². The third-order valence-electron chi connectivity index (χ3n) is 5.17. The topological polar surface area (TPSA) is 40.6 Å². The highest BCUT2D eigenvalue weighted by Gasteiger charge is 2.24. The number of benzene rings is 3. The number of halogens is 1. The first kappa shape index (κ1) is 18.9. The fourth-order valence-electron chi connectivity index (χ4n) is 3.57. The number of carbonyl (C=O) groups is 2. The molecule has 0 radical (unpaired) electrons. The van der Waals surface area contributed by atoms with Crippen LogP contribution < -0.4 is 4.90 Å². The van der Waals surface area contributed by atoms with Gasteiger partial charge in [0.15, 0.2) is 5.78 Å². The molecule has 0 unspecified atom stereocenters. The average Bonchev–Trinajstić information content (AvgIpc) is 2.79. The fraction of sp³-hybridized carbons (Fsp3) is 0.167. The molecule has 0 saturated carbocycles. The van der Waals surface area contributed by atoms with Crippen molar-refractivity contribution in [1.29, 1.82) is 0 Å². The molecule has 5 heteroatoms. The van der Waals surface area contributed by atoms with E-state index in [0.717, 1.165) is 0 Å². The lowest BCUT2D eigenvalue weighted by Gasteiger charge is -2.36. The molecular weight excluding hydrogens is 367 g/mol. The highest BCUT2D eigenvalue weighted by atomic mass is 19.1. The van der Waals surface area contributed by atoms with Gasteiger partial charge in [0.05, 0.1) is 5.69 Å². The van der Waals surface area contributed by atoms with Gasteiger partial charge >= 0.3 is 0 Å². The molecule has 0 atom stereocenters. The predicted octanol–water partition coefficient (Wildman–Crippen LogP) is 4.02. The van der Waals surface area contributed by atoms with E-state index in [1.165, 1.54) is 6.07 Å². The zero-order valence-electron chi connectivity index (χ0n) is 15.9. The van der Waals surface area contributed by atoms with Crippen molar-refractivity contribution in [2.24, 2.45) is 0 Å². The minimum atomic E-state index is -0.422. The van der Waals surface area contributed by atoms with E-state index in [9.17, 15) is 14.0 Å². The van der Waals surface area contributed by atoms with Gasteiger partial charge in [0.25, 0.3) is 5.91 Å². The number of carbonyl (C=O) groups excluding carboxylic acids is 2. The van der Waals surface area contributed by atoms with Gasteiger partial charge in [-0.2, -0.15) is 0 Å². The van der Waals surface area contributed by atoms with Crippen LogP contribution in [0.15, 0.2) is 78.9 Å². The molecule has 1 aliphatic heterocycles. The number of hydrogen-bond acceptors (Lipinski definition) is 3. The molecule has 29 heavy (non-hydrogen) atoms. The van der Waals surface area contributed by atoms with Crippen LogP contribution in [0.3, 0.4) is 0 Å². The quantitative estimate of drug-likeness (QED) is 0.634. The summed E-state index contributed by atoms with van der Waals surface area (Å²) in [6, 6.07) is 22.6. The van der Waals surface area contributed by atoms with E-state index in [4.69, 9.17) is 0 Å². The Labute approximate surface area is 169 Å². The lowest BCUT2D eigenvalue weighted by Crippen LogP contribution is -2.49. The summed E-state index contributed by atoms with van der Waals surface area (Å²) in [4.78, 5) is 28.8. The molecule has 0 bridgehead atoms. The van der Waals surface area contributed by atoms with Crippen LogP contribution in [0, 0.1) is 5.82 Å². The largest absolute Gasteiger partial charge is 0.366 e. The van der Waals surface area contributed by atoms with Crippen LogP contribution in [-0.4, -0.2) is 42.8 Å². The number of ketones is 1. The summed E-state index contributed by atoms with van der Waals surface area (Å²) in [6.45, 7) is 2.14. The molecule has 3 aromatic carbocycles. The second-order valence-electron chi connectivity index (χ2n) is 7.01. The number of amides is 1. The summed E-state index contributed by atoms with van der Waals surface area (Å²) in [5.74, 6) is -0.626. The van der Waals surface area contributed by atoms with Gasteiger partial charge in [-0.25, -0.2) is 4.39 Å². The van der Waals surface area contributed by atoms with Crippen molar-refractivity contribution < 1.29 is 14.0 Å². The second-order valence-corrected chi connectivity index (χ2v) is 7.01. The highest BCUT2D eigenvalue weighted by molar-refractivity contribution is 6.09. The number of rotatable bonds is 4. The van der Waals surface area contributed by atoms with Gasteiger partial charge in [-0.15, -0.1) is 0 Å². The van der Waals surface area contributed by atoms with Crippen molar-refractivity contribution in [2.45, 2.75) is 0 Å². The van der Waals surface area contributed by atoms with E-state index >= 15 is 0 Å². The SMILES string of the molecule is O=C(c1ccccc1)c1ccc(N2CCN(C(=O)c3ccccc3)CC2)c(F)c1. The zero-order chi connectivity index (χ0) is 20.2. The number of piperazine rings is 1. The standard InChI is InChI=1S/C24H21FN2O2/c25-21-17-20(23(28)18-7-3-1-4-8-18)11-12-22(21)26-13-15-27(16-14-26)24(29)19-9-5-2-6-10-19/h1-12,17H,13-16H2. The Hall–Kier alpha value is -3.47. The van der Waals surface area contributed by atoms with Crippen LogP contribution in [-0.2, 0) is 0 Å².